The third-order valence-electron chi connectivity index (χ3n) is 4.45. The topological polar surface area (TPSA) is 56.1 Å². The van der Waals surface area contributed by atoms with E-state index in [-0.39, 0.29) is 0 Å². The van der Waals surface area contributed by atoms with Crippen LogP contribution in [0, 0.1) is 0 Å². The van der Waals surface area contributed by atoms with Crippen molar-refractivity contribution in [3.8, 4) is 17.2 Å². The molecule has 0 spiro atoms. The summed E-state index contributed by atoms with van der Waals surface area (Å²) in [5, 5.41) is 3.89. The maximum atomic E-state index is 5.71. The molecule has 1 aromatic heterocycles. The number of nitrogens with one attached hydrogen (secondary N) is 1. The molecule has 7 heteroatoms. The number of furan rings is 1. The SMILES string of the molecule is CCOc1ccc(NC(=S)N(Cc2ccc(OC)c(OC)c2)Cc2ccco2)cc1. The molecule has 158 valence electrons. The molecule has 0 aliphatic carbocycles. The first kappa shape index (κ1) is 21.5. The maximum Gasteiger partial charge on any atom is 0.174 e. The summed E-state index contributed by atoms with van der Waals surface area (Å²) in [7, 11) is 3.25. The van der Waals surface area contributed by atoms with E-state index in [1.807, 2.05) is 66.4 Å². The summed E-state index contributed by atoms with van der Waals surface area (Å²) in [5.41, 5.74) is 1.93. The van der Waals surface area contributed by atoms with Crippen LogP contribution in [0.5, 0.6) is 17.2 Å². The van der Waals surface area contributed by atoms with Gasteiger partial charge in [0.1, 0.15) is 11.5 Å². The molecule has 2 aromatic carbocycles. The normalized spacial score (nSPS) is 10.4. The predicted octanol–water partition coefficient (Wildman–Crippen LogP) is 5.09. The summed E-state index contributed by atoms with van der Waals surface area (Å²) in [6, 6.07) is 17.4. The van der Waals surface area contributed by atoms with E-state index >= 15 is 0 Å². The molecule has 1 N–H and O–H groups in total. The zero-order valence-electron chi connectivity index (χ0n) is 17.4. The highest BCUT2D eigenvalue weighted by Gasteiger charge is 2.15. The average molecular weight is 427 g/mol. The van der Waals surface area contributed by atoms with Crippen LogP contribution in [0.25, 0.3) is 0 Å². The number of benzene rings is 2. The van der Waals surface area contributed by atoms with Crippen molar-refractivity contribution in [3.05, 3.63) is 72.2 Å². The number of rotatable bonds is 9. The average Bonchev–Trinajstić information content (AvgIpc) is 3.28. The third kappa shape index (κ3) is 5.67. The van der Waals surface area contributed by atoms with Crippen molar-refractivity contribution in [2.45, 2.75) is 20.0 Å². The smallest absolute Gasteiger partial charge is 0.174 e. The lowest BCUT2D eigenvalue weighted by molar-refractivity contribution is 0.340. The number of methoxy groups -OCH3 is 2. The summed E-state index contributed by atoms with van der Waals surface area (Å²) >= 11 is 5.71. The fourth-order valence-electron chi connectivity index (χ4n) is 2.99. The predicted molar refractivity (Wildman–Crippen MR) is 121 cm³/mol. The Labute approximate surface area is 182 Å². The zero-order chi connectivity index (χ0) is 21.3. The van der Waals surface area contributed by atoms with Gasteiger partial charge >= 0.3 is 0 Å². The lowest BCUT2D eigenvalue weighted by atomic mass is 10.2. The number of hydrogen-bond donors (Lipinski definition) is 1. The van der Waals surface area contributed by atoms with E-state index in [2.05, 4.69) is 5.32 Å². The van der Waals surface area contributed by atoms with Crippen molar-refractivity contribution < 1.29 is 18.6 Å². The van der Waals surface area contributed by atoms with Gasteiger partial charge in [-0.25, -0.2) is 0 Å². The minimum Gasteiger partial charge on any atom is -0.494 e. The first-order valence-corrected chi connectivity index (χ1v) is 10.1. The molecule has 0 aliphatic heterocycles. The van der Waals surface area contributed by atoms with Crippen molar-refractivity contribution in [1.29, 1.82) is 0 Å². The summed E-state index contributed by atoms with van der Waals surface area (Å²) in [5.74, 6) is 3.02. The Bertz CT molecular complexity index is 942. The monoisotopic (exact) mass is 426 g/mol. The number of nitrogens with zero attached hydrogens (tertiary/aromatic N) is 1. The van der Waals surface area contributed by atoms with Gasteiger partial charge in [-0.05, 0) is 73.2 Å². The van der Waals surface area contributed by atoms with Crippen LogP contribution in [0.1, 0.15) is 18.2 Å². The zero-order valence-corrected chi connectivity index (χ0v) is 18.2. The number of anilines is 1. The Morgan fingerprint density at radius 1 is 1.00 bits per heavy atom. The van der Waals surface area contributed by atoms with Crippen LogP contribution in [0.2, 0.25) is 0 Å². The van der Waals surface area contributed by atoms with Crippen LogP contribution in [-0.4, -0.2) is 30.8 Å². The molecule has 0 saturated heterocycles. The van der Waals surface area contributed by atoms with Crippen molar-refractivity contribution >= 4 is 23.0 Å². The van der Waals surface area contributed by atoms with Crippen molar-refractivity contribution in [3.63, 3.8) is 0 Å². The second-order valence-electron chi connectivity index (χ2n) is 6.51. The molecule has 0 atom stereocenters. The van der Waals surface area contributed by atoms with Crippen molar-refractivity contribution in [2.75, 3.05) is 26.1 Å². The van der Waals surface area contributed by atoms with Crippen LogP contribution >= 0.6 is 12.2 Å². The summed E-state index contributed by atoms with van der Waals surface area (Å²) in [4.78, 5) is 2.03. The lowest BCUT2D eigenvalue weighted by Crippen LogP contribution is -2.33. The van der Waals surface area contributed by atoms with Gasteiger partial charge in [-0.3, -0.25) is 0 Å². The number of thiocarbonyl (C=S) groups is 1. The Balaban J connectivity index is 1.77. The molecule has 0 bridgehead atoms. The van der Waals surface area contributed by atoms with Crippen molar-refractivity contribution in [1.82, 2.24) is 4.90 Å². The lowest BCUT2D eigenvalue weighted by Gasteiger charge is -2.25. The van der Waals surface area contributed by atoms with E-state index in [4.69, 9.17) is 30.8 Å². The van der Waals surface area contributed by atoms with E-state index in [0.717, 1.165) is 22.8 Å². The van der Waals surface area contributed by atoms with Gasteiger partial charge in [0.2, 0.25) is 0 Å². The van der Waals surface area contributed by atoms with Crippen molar-refractivity contribution in [2.24, 2.45) is 0 Å². The highest BCUT2D eigenvalue weighted by molar-refractivity contribution is 7.80. The molecule has 3 aromatic rings. The molecule has 0 saturated carbocycles. The van der Waals surface area contributed by atoms with Crippen LogP contribution in [0.3, 0.4) is 0 Å². The van der Waals surface area contributed by atoms with E-state index in [9.17, 15) is 0 Å². The van der Waals surface area contributed by atoms with E-state index < -0.39 is 0 Å². The molecule has 1 heterocycles. The summed E-state index contributed by atoms with van der Waals surface area (Å²) in [6.45, 7) is 3.70. The second-order valence-corrected chi connectivity index (χ2v) is 6.90. The van der Waals surface area contributed by atoms with Crippen LogP contribution in [0.15, 0.2) is 65.3 Å². The summed E-state index contributed by atoms with van der Waals surface area (Å²) in [6.07, 6.45) is 1.66. The molecule has 3 rings (SSSR count). The number of hydrogen-bond acceptors (Lipinski definition) is 5. The molecular weight excluding hydrogens is 400 g/mol. The third-order valence-corrected chi connectivity index (χ3v) is 4.81. The van der Waals surface area contributed by atoms with Gasteiger partial charge in [-0.1, -0.05) is 6.07 Å². The summed E-state index contributed by atoms with van der Waals surface area (Å²) < 4.78 is 21.8. The van der Waals surface area contributed by atoms with Gasteiger partial charge in [-0.2, -0.15) is 0 Å². The quantitative estimate of drug-likeness (QED) is 0.478. The highest BCUT2D eigenvalue weighted by atomic mass is 32.1. The van der Waals surface area contributed by atoms with Gasteiger partial charge in [0.05, 0.1) is 33.6 Å². The molecule has 0 fully saturated rings. The van der Waals surface area contributed by atoms with Gasteiger partial charge < -0.3 is 28.8 Å². The fourth-order valence-corrected chi connectivity index (χ4v) is 3.24. The molecule has 0 radical (unpaired) electrons. The second kappa shape index (κ2) is 10.5. The van der Waals surface area contributed by atoms with E-state index in [0.29, 0.717) is 36.3 Å². The van der Waals surface area contributed by atoms with Gasteiger partial charge in [-0.15, -0.1) is 0 Å². The van der Waals surface area contributed by atoms with Crippen LogP contribution < -0.4 is 19.5 Å². The Kier molecular flexibility index (Phi) is 7.57. The minimum absolute atomic E-state index is 0.532. The largest absolute Gasteiger partial charge is 0.494 e. The van der Waals surface area contributed by atoms with Gasteiger partial charge in [0.25, 0.3) is 0 Å². The van der Waals surface area contributed by atoms with E-state index in [1.165, 1.54) is 0 Å². The standard InChI is InChI=1S/C23H26N2O4S/c1-4-28-19-10-8-18(9-11-19)24-23(30)25(16-20-6-5-13-29-20)15-17-7-12-21(26-2)22(14-17)27-3/h5-14H,4,15-16H2,1-3H3,(H,24,30). The molecule has 0 aliphatic rings. The van der Waals surface area contributed by atoms with Gasteiger partial charge in [0.15, 0.2) is 16.6 Å². The maximum absolute atomic E-state index is 5.71. The first-order valence-electron chi connectivity index (χ1n) is 9.65. The Hall–Kier alpha value is -3.19. The minimum atomic E-state index is 0.532. The Morgan fingerprint density at radius 2 is 1.77 bits per heavy atom. The fraction of sp³-hybridized carbons (Fsp3) is 0.261. The van der Waals surface area contributed by atoms with E-state index in [1.54, 1.807) is 20.5 Å². The Morgan fingerprint density at radius 3 is 2.40 bits per heavy atom. The molecule has 30 heavy (non-hydrogen) atoms. The highest BCUT2D eigenvalue weighted by Crippen LogP contribution is 2.28. The van der Waals surface area contributed by atoms with Crippen LogP contribution in [-0.2, 0) is 13.1 Å². The van der Waals surface area contributed by atoms with Crippen LogP contribution in [0.4, 0.5) is 5.69 Å². The molecule has 0 unspecified atom stereocenters. The molecule has 6 nitrogen and oxygen atoms in total. The first-order chi connectivity index (χ1) is 14.6. The van der Waals surface area contributed by atoms with Gasteiger partial charge in [0, 0.05) is 12.2 Å². The molecular formula is C23H26N2O4S. The molecule has 0 amide bonds. The number of ether oxygens (including phenoxy) is 3.